The van der Waals surface area contributed by atoms with Crippen molar-refractivity contribution in [3.05, 3.63) is 170 Å². The normalized spacial score (nSPS) is 11.6. The number of imidazole rings is 1. The topological polar surface area (TPSA) is 17.8 Å². The molecule has 2 heteroatoms. The first-order chi connectivity index (χ1) is 22.3. The quantitative estimate of drug-likeness (QED) is 0.192. The summed E-state index contributed by atoms with van der Waals surface area (Å²) in [4.78, 5) is 5.09. The number of rotatable bonds is 4. The fourth-order valence-corrected chi connectivity index (χ4v) is 6.96. The summed E-state index contributed by atoms with van der Waals surface area (Å²) in [6.45, 7) is 0. The summed E-state index contributed by atoms with van der Waals surface area (Å²) in [6.07, 6.45) is 0. The second kappa shape index (κ2) is 10.3. The lowest BCUT2D eigenvalue weighted by Gasteiger charge is -2.19. The Morgan fingerprint density at radius 2 is 0.933 bits per heavy atom. The minimum absolute atomic E-state index is 0.940. The summed E-state index contributed by atoms with van der Waals surface area (Å²) >= 11 is 0. The predicted octanol–water partition coefficient (Wildman–Crippen LogP) is 11.5. The maximum atomic E-state index is 5.09. The van der Waals surface area contributed by atoms with E-state index in [0.29, 0.717) is 0 Å². The van der Waals surface area contributed by atoms with Crippen LogP contribution in [0.2, 0.25) is 0 Å². The van der Waals surface area contributed by atoms with Crippen molar-refractivity contribution in [3.8, 4) is 39.3 Å². The number of nitrogens with zero attached hydrogens (tertiary/aromatic N) is 2. The summed E-state index contributed by atoms with van der Waals surface area (Å²) in [5.74, 6) is 0.940. The third-order valence-corrected chi connectivity index (χ3v) is 8.96. The molecule has 1 heterocycles. The SMILES string of the molecule is c1ccc(-c2nc3ccccc3n2-c2cccc(-c3c4ccccc4c(-c4ccc5ccccc5c4)c4ccccc34)c2)cc1. The second-order valence-corrected chi connectivity index (χ2v) is 11.6. The molecule has 0 atom stereocenters. The molecule has 0 saturated carbocycles. The number of aromatic nitrogens is 2. The molecule has 0 unspecified atom stereocenters. The molecule has 210 valence electrons. The lowest BCUT2D eigenvalue weighted by Crippen LogP contribution is -1.98. The molecule has 0 amide bonds. The van der Waals surface area contributed by atoms with Crippen LogP contribution in [0.5, 0.6) is 0 Å². The molecule has 1 aromatic heterocycles. The summed E-state index contributed by atoms with van der Waals surface area (Å²) in [6, 6.07) is 61.0. The van der Waals surface area contributed by atoms with Crippen LogP contribution in [0.3, 0.4) is 0 Å². The Bertz CT molecular complexity index is 2480. The van der Waals surface area contributed by atoms with E-state index in [9.17, 15) is 0 Å². The molecule has 0 N–H and O–H groups in total. The van der Waals surface area contributed by atoms with E-state index >= 15 is 0 Å². The van der Waals surface area contributed by atoms with Crippen LogP contribution >= 0.6 is 0 Å². The largest absolute Gasteiger partial charge is 0.292 e. The van der Waals surface area contributed by atoms with Gasteiger partial charge in [-0.05, 0) is 84.9 Å². The molecule has 2 nitrogen and oxygen atoms in total. The molecule has 0 radical (unpaired) electrons. The lowest BCUT2D eigenvalue weighted by atomic mass is 9.85. The number of hydrogen-bond donors (Lipinski definition) is 0. The Morgan fingerprint density at radius 3 is 1.64 bits per heavy atom. The molecule has 9 aromatic rings. The molecule has 45 heavy (non-hydrogen) atoms. The highest BCUT2D eigenvalue weighted by molar-refractivity contribution is 6.21. The van der Waals surface area contributed by atoms with Gasteiger partial charge in [-0.1, -0.05) is 140 Å². The van der Waals surface area contributed by atoms with E-state index in [4.69, 9.17) is 4.98 Å². The molecule has 9 rings (SSSR count). The van der Waals surface area contributed by atoms with Gasteiger partial charge in [-0.15, -0.1) is 0 Å². The molecule has 0 aliphatic carbocycles. The molecule has 0 fully saturated rings. The Kier molecular flexibility index (Phi) is 5.85. The molecule has 0 spiro atoms. The highest BCUT2D eigenvalue weighted by Crippen LogP contribution is 2.44. The van der Waals surface area contributed by atoms with Crippen LogP contribution in [-0.4, -0.2) is 9.55 Å². The van der Waals surface area contributed by atoms with Gasteiger partial charge >= 0.3 is 0 Å². The van der Waals surface area contributed by atoms with Crippen LogP contribution in [0.25, 0.3) is 82.7 Å². The Labute approximate surface area is 261 Å². The van der Waals surface area contributed by atoms with Crippen molar-refractivity contribution >= 4 is 43.4 Å². The van der Waals surface area contributed by atoms with Gasteiger partial charge in [0.25, 0.3) is 0 Å². The lowest BCUT2D eigenvalue weighted by molar-refractivity contribution is 1.10. The Hall–Kier alpha value is -5.99. The van der Waals surface area contributed by atoms with Gasteiger partial charge < -0.3 is 0 Å². The molecule has 8 aromatic carbocycles. The molecule has 0 aliphatic heterocycles. The number of hydrogen-bond acceptors (Lipinski definition) is 1. The predicted molar refractivity (Wildman–Crippen MR) is 190 cm³/mol. The van der Waals surface area contributed by atoms with Gasteiger partial charge in [-0.3, -0.25) is 4.57 Å². The van der Waals surface area contributed by atoms with Crippen molar-refractivity contribution in [3.63, 3.8) is 0 Å². The van der Waals surface area contributed by atoms with Gasteiger partial charge in [-0.25, -0.2) is 4.98 Å². The van der Waals surface area contributed by atoms with Crippen LogP contribution in [0.4, 0.5) is 0 Å². The average molecular weight is 573 g/mol. The van der Waals surface area contributed by atoms with Crippen molar-refractivity contribution in [1.29, 1.82) is 0 Å². The number of benzene rings is 8. The van der Waals surface area contributed by atoms with E-state index in [1.165, 1.54) is 54.6 Å². The minimum Gasteiger partial charge on any atom is -0.292 e. The maximum absolute atomic E-state index is 5.09. The van der Waals surface area contributed by atoms with E-state index in [1.807, 2.05) is 0 Å². The van der Waals surface area contributed by atoms with Gasteiger partial charge in [0.1, 0.15) is 5.82 Å². The fourth-order valence-electron chi connectivity index (χ4n) is 6.96. The molecule has 0 saturated heterocycles. The van der Waals surface area contributed by atoms with E-state index in [-0.39, 0.29) is 0 Å². The van der Waals surface area contributed by atoms with Crippen molar-refractivity contribution in [2.75, 3.05) is 0 Å². The fraction of sp³-hybridized carbons (Fsp3) is 0. The van der Waals surface area contributed by atoms with Crippen LogP contribution in [0.15, 0.2) is 170 Å². The van der Waals surface area contributed by atoms with E-state index in [1.54, 1.807) is 0 Å². The summed E-state index contributed by atoms with van der Waals surface area (Å²) < 4.78 is 2.29. The van der Waals surface area contributed by atoms with Gasteiger partial charge in [0.2, 0.25) is 0 Å². The zero-order valence-electron chi connectivity index (χ0n) is 24.6. The van der Waals surface area contributed by atoms with Crippen LogP contribution in [0.1, 0.15) is 0 Å². The van der Waals surface area contributed by atoms with Gasteiger partial charge in [-0.2, -0.15) is 0 Å². The highest BCUT2D eigenvalue weighted by Gasteiger charge is 2.19. The molecular weight excluding hydrogens is 544 g/mol. The van der Waals surface area contributed by atoms with E-state index in [0.717, 1.165) is 28.1 Å². The van der Waals surface area contributed by atoms with E-state index < -0.39 is 0 Å². The van der Waals surface area contributed by atoms with Crippen molar-refractivity contribution < 1.29 is 0 Å². The van der Waals surface area contributed by atoms with Crippen molar-refractivity contribution in [2.24, 2.45) is 0 Å². The molecule has 0 aliphatic rings. The highest BCUT2D eigenvalue weighted by atomic mass is 15.1. The smallest absolute Gasteiger partial charge is 0.145 e. The third kappa shape index (κ3) is 4.15. The second-order valence-electron chi connectivity index (χ2n) is 11.6. The first-order valence-electron chi connectivity index (χ1n) is 15.4. The van der Waals surface area contributed by atoms with Crippen LogP contribution < -0.4 is 0 Å². The summed E-state index contributed by atoms with van der Waals surface area (Å²) in [5, 5.41) is 7.51. The maximum Gasteiger partial charge on any atom is 0.145 e. The summed E-state index contributed by atoms with van der Waals surface area (Å²) in [5.41, 5.74) is 9.20. The standard InChI is InChI=1S/C43H28N2/c1-2-14-30(15-3-1)43-44-39-23-10-11-24-40(39)45(43)34-18-12-17-32(28-34)41-35-19-6-8-21-37(35)42(38-22-9-7-20-36(38)41)33-26-25-29-13-4-5-16-31(29)27-33/h1-28H. The van der Waals surface area contributed by atoms with Crippen molar-refractivity contribution in [1.82, 2.24) is 9.55 Å². The first kappa shape index (κ1) is 25.5. The Morgan fingerprint density at radius 1 is 0.378 bits per heavy atom. The van der Waals surface area contributed by atoms with Gasteiger partial charge in [0, 0.05) is 11.3 Å². The monoisotopic (exact) mass is 572 g/mol. The average Bonchev–Trinajstić information content (AvgIpc) is 3.51. The zero-order chi connectivity index (χ0) is 29.7. The zero-order valence-corrected chi connectivity index (χ0v) is 24.6. The number of fused-ring (bicyclic) bond motifs is 4. The third-order valence-electron chi connectivity index (χ3n) is 8.96. The Balaban J connectivity index is 1.32. The molecule has 0 bridgehead atoms. The first-order valence-corrected chi connectivity index (χ1v) is 15.4. The van der Waals surface area contributed by atoms with Gasteiger partial charge in [0.15, 0.2) is 0 Å². The minimum atomic E-state index is 0.940. The van der Waals surface area contributed by atoms with Crippen LogP contribution in [-0.2, 0) is 0 Å². The van der Waals surface area contributed by atoms with Crippen LogP contribution in [0, 0.1) is 0 Å². The van der Waals surface area contributed by atoms with Gasteiger partial charge in [0.05, 0.1) is 11.0 Å². The van der Waals surface area contributed by atoms with E-state index in [2.05, 4.69) is 174 Å². The summed E-state index contributed by atoms with van der Waals surface area (Å²) in [7, 11) is 0. The van der Waals surface area contributed by atoms with Crippen molar-refractivity contribution in [2.45, 2.75) is 0 Å². The molecular formula is C43H28N2. The number of para-hydroxylation sites is 2.